The summed E-state index contributed by atoms with van der Waals surface area (Å²) >= 11 is 0. The average molecular weight is 465 g/mol. The number of amides is 2. The molecule has 32 heavy (non-hydrogen) atoms. The fraction of sp³-hybridized carbons (Fsp3) is 0.450. The third-order valence-corrected chi connectivity index (χ3v) is 4.38. The predicted octanol–water partition coefficient (Wildman–Crippen LogP) is 5.29. The Morgan fingerprint density at radius 1 is 1.00 bits per heavy atom. The first-order valence-corrected chi connectivity index (χ1v) is 9.63. The highest BCUT2D eigenvalue weighted by Crippen LogP contribution is 2.36. The number of halogens is 6. The van der Waals surface area contributed by atoms with Crippen molar-refractivity contribution in [2.24, 2.45) is 0 Å². The van der Waals surface area contributed by atoms with Gasteiger partial charge in [0.1, 0.15) is 12.3 Å². The van der Waals surface area contributed by atoms with Crippen LogP contribution in [0.3, 0.4) is 0 Å². The molecule has 0 aliphatic carbocycles. The second-order valence-corrected chi connectivity index (χ2v) is 7.10. The first kappa shape index (κ1) is 25.2. The Morgan fingerprint density at radius 3 is 2.06 bits per heavy atom. The second-order valence-electron chi connectivity index (χ2n) is 7.10. The number of rotatable bonds is 8. The highest BCUT2D eigenvalue weighted by Gasteiger charge is 2.38. The maximum Gasteiger partial charge on any atom is 0.416 e. The summed E-state index contributed by atoms with van der Waals surface area (Å²) in [7, 11) is 0. The standard InChI is InChI=1S/C20H21F6N3O3/c1-3-4-5-6-29(11-17(30)27-16-7-12(2)32-28-16)18(31)13-8-14(19(21,22)23)10-15(9-13)20(24,25)26/h7-10H,3-6,11H2,1-2H3,(H,27,28,30). The van der Waals surface area contributed by atoms with E-state index in [-0.39, 0.29) is 18.4 Å². The number of anilines is 1. The molecule has 0 saturated carbocycles. The number of unbranched alkanes of at least 4 members (excludes halogenated alkanes) is 2. The van der Waals surface area contributed by atoms with Crippen LogP contribution in [-0.4, -0.2) is 35.0 Å². The molecule has 0 aliphatic rings. The van der Waals surface area contributed by atoms with Crippen molar-refractivity contribution in [3.63, 3.8) is 0 Å². The molecule has 0 fully saturated rings. The summed E-state index contributed by atoms with van der Waals surface area (Å²) in [5, 5.41) is 5.92. The maximum atomic E-state index is 13.1. The molecule has 1 N–H and O–H groups in total. The number of hydrogen-bond donors (Lipinski definition) is 1. The number of benzene rings is 1. The number of alkyl halides is 6. The minimum Gasteiger partial charge on any atom is -0.360 e. The highest BCUT2D eigenvalue weighted by atomic mass is 19.4. The zero-order valence-corrected chi connectivity index (χ0v) is 17.2. The highest BCUT2D eigenvalue weighted by molar-refractivity contribution is 5.99. The topological polar surface area (TPSA) is 75.4 Å². The molecular weight excluding hydrogens is 444 g/mol. The van der Waals surface area contributed by atoms with E-state index in [4.69, 9.17) is 4.52 Å². The van der Waals surface area contributed by atoms with Crippen LogP contribution in [0.2, 0.25) is 0 Å². The number of nitrogens with zero attached hydrogens (tertiary/aromatic N) is 2. The largest absolute Gasteiger partial charge is 0.416 e. The molecule has 1 aromatic heterocycles. The van der Waals surface area contributed by atoms with Gasteiger partial charge < -0.3 is 14.7 Å². The molecule has 1 heterocycles. The third kappa shape index (κ3) is 6.99. The van der Waals surface area contributed by atoms with Crippen LogP contribution in [0.15, 0.2) is 28.8 Å². The summed E-state index contributed by atoms with van der Waals surface area (Å²) in [6, 6.07) is 2.05. The van der Waals surface area contributed by atoms with E-state index in [0.29, 0.717) is 30.7 Å². The zero-order chi connectivity index (χ0) is 24.1. The number of carbonyl (C=O) groups excluding carboxylic acids is 2. The third-order valence-electron chi connectivity index (χ3n) is 4.38. The van der Waals surface area contributed by atoms with Crippen molar-refractivity contribution < 1.29 is 40.5 Å². The van der Waals surface area contributed by atoms with Gasteiger partial charge >= 0.3 is 12.4 Å². The van der Waals surface area contributed by atoms with Crippen molar-refractivity contribution in [1.82, 2.24) is 10.1 Å². The molecular formula is C20H21F6N3O3. The van der Waals surface area contributed by atoms with Gasteiger partial charge in [-0.05, 0) is 31.5 Å². The van der Waals surface area contributed by atoms with E-state index < -0.39 is 47.4 Å². The molecule has 2 aromatic rings. The van der Waals surface area contributed by atoms with Crippen molar-refractivity contribution in [3.05, 3.63) is 46.7 Å². The monoisotopic (exact) mass is 465 g/mol. The summed E-state index contributed by atoms with van der Waals surface area (Å²) in [6.45, 7) is 2.82. The fourth-order valence-corrected chi connectivity index (χ4v) is 2.85. The quantitative estimate of drug-likeness (QED) is 0.425. The Hall–Kier alpha value is -3.05. The Labute approximate surface area is 179 Å². The first-order valence-electron chi connectivity index (χ1n) is 9.63. The van der Waals surface area contributed by atoms with Gasteiger partial charge in [-0.25, -0.2) is 0 Å². The molecule has 0 spiro atoms. The Morgan fingerprint density at radius 2 is 1.59 bits per heavy atom. The minimum atomic E-state index is -5.09. The molecule has 0 atom stereocenters. The average Bonchev–Trinajstić information content (AvgIpc) is 3.09. The van der Waals surface area contributed by atoms with Gasteiger partial charge in [-0.1, -0.05) is 24.9 Å². The molecule has 2 amide bonds. The van der Waals surface area contributed by atoms with Crippen LogP contribution in [-0.2, 0) is 17.1 Å². The van der Waals surface area contributed by atoms with E-state index >= 15 is 0 Å². The summed E-state index contributed by atoms with van der Waals surface area (Å²) in [5.41, 5.74) is -4.02. The van der Waals surface area contributed by atoms with Crippen molar-refractivity contribution in [2.45, 2.75) is 45.5 Å². The lowest BCUT2D eigenvalue weighted by Crippen LogP contribution is -2.39. The number of hydrogen-bond acceptors (Lipinski definition) is 4. The zero-order valence-electron chi connectivity index (χ0n) is 17.2. The second kappa shape index (κ2) is 10.0. The first-order chi connectivity index (χ1) is 14.8. The van der Waals surface area contributed by atoms with E-state index in [1.165, 1.54) is 6.07 Å². The Kier molecular flexibility index (Phi) is 7.92. The van der Waals surface area contributed by atoms with E-state index in [2.05, 4.69) is 10.5 Å². The summed E-state index contributed by atoms with van der Waals surface area (Å²) in [4.78, 5) is 26.1. The van der Waals surface area contributed by atoms with E-state index in [9.17, 15) is 35.9 Å². The van der Waals surface area contributed by atoms with Gasteiger partial charge in [-0.15, -0.1) is 0 Å². The summed E-state index contributed by atoms with van der Waals surface area (Å²) in [5.74, 6) is -1.39. The SMILES string of the molecule is CCCCCN(CC(=O)Nc1cc(C)on1)C(=O)c1cc(C(F)(F)F)cc(C(F)(F)F)c1. The Bertz CT molecular complexity index is 921. The number of carbonyl (C=O) groups is 2. The van der Waals surface area contributed by atoms with Gasteiger partial charge in [0.2, 0.25) is 5.91 Å². The Balaban J connectivity index is 2.33. The molecule has 0 unspecified atom stereocenters. The van der Waals surface area contributed by atoms with Crippen LogP contribution in [0.4, 0.5) is 32.2 Å². The van der Waals surface area contributed by atoms with E-state index in [0.717, 1.165) is 11.3 Å². The number of aromatic nitrogens is 1. The molecule has 0 radical (unpaired) electrons. The predicted molar refractivity (Wildman–Crippen MR) is 102 cm³/mol. The smallest absolute Gasteiger partial charge is 0.360 e. The van der Waals surface area contributed by atoms with Crippen molar-refractivity contribution in [2.75, 3.05) is 18.4 Å². The van der Waals surface area contributed by atoms with E-state index in [1.807, 2.05) is 6.92 Å². The summed E-state index contributed by atoms with van der Waals surface area (Å²) < 4.78 is 83.6. The molecule has 1 aromatic carbocycles. The maximum absolute atomic E-state index is 13.1. The van der Waals surface area contributed by atoms with Gasteiger partial charge in [-0.2, -0.15) is 26.3 Å². The molecule has 12 heteroatoms. The molecule has 176 valence electrons. The van der Waals surface area contributed by atoms with Crippen LogP contribution in [0.5, 0.6) is 0 Å². The summed E-state index contributed by atoms with van der Waals surface area (Å²) in [6.07, 6.45) is -8.39. The van der Waals surface area contributed by atoms with E-state index in [1.54, 1.807) is 6.92 Å². The van der Waals surface area contributed by atoms with Crippen LogP contribution in [0.25, 0.3) is 0 Å². The lowest BCUT2D eigenvalue weighted by Gasteiger charge is -2.23. The normalized spacial score (nSPS) is 12.0. The van der Waals surface area contributed by atoms with Crippen molar-refractivity contribution in [3.8, 4) is 0 Å². The molecule has 2 rings (SSSR count). The molecule has 6 nitrogen and oxygen atoms in total. The van der Waals surface area contributed by atoms with Crippen molar-refractivity contribution in [1.29, 1.82) is 0 Å². The van der Waals surface area contributed by atoms with Crippen molar-refractivity contribution >= 4 is 17.6 Å². The number of nitrogens with one attached hydrogen (secondary N) is 1. The van der Waals surface area contributed by atoms with Gasteiger partial charge in [0.15, 0.2) is 5.82 Å². The van der Waals surface area contributed by atoms with Gasteiger partial charge in [0, 0.05) is 18.2 Å². The number of aryl methyl sites for hydroxylation is 1. The fourth-order valence-electron chi connectivity index (χ4n) is 2.85. The van der Waals surface area contributed by atoms with Crippen LogP contribution < -0.4 is 5.32 Å². The molecule has 0 aliphatic heterocycles. The molecule has 0 bridgehead atoms. The lowest BCUT2D eigenvalue weighted by atomic mass is 10.0. The van der Waals surface area contributed by atoms with Gasteiger partial charge in [-0.3, -0.25) is 9.59 Å². The van der Waals surface area contributed by atoms with Crippen LogP contribution in [0.1, 0.15) is 53.4 Å². The lowest BCUT2D eigenvalue weighted by molar-refractivity contribution is -0.143. The molecule has 0 saturated heterocycles. The van der Waals surface area contributed by atoms with Gasteiger partial charge in [0.25, 0.3) is 5.91 Å². The van der Waals surface area contributed by atoms with Crippen LogP contribution in [0, 0.1) is 6.92 Å². The van der Waals surface area contributed by atoms with Gasteiger partial charge in [0.05, 0.1) is 11.1 Å². The minimum absolute atomic E-state index is 0.0322. The van der Waals surface area contributed by atoms with Crippen LogP contribution >= 0.6 is 0 Å².